The second kappa shape index (κ2) is 6.01. The van der Waals surface area contributed by atoms with Gasteiger partial charge in [-0.25, -0.2) is 4.98 Å². The maximum absolute atomic E-state index is 12.7. The molecule has 1 aliphatic heterocycles. The Morgan fingerprint density at radius 3 is 2.35 bits per heavy atom. The number of ether oxygens (including phenoxy) is 2. The van der Waals surface area contributed by atoms with Crippen LogP contribution < -0.4 is 20.1 Å². The number of methoxy groups -OCH3 is 2. The highest BCUT2D eigenvalue weighted by Gasteiger charge is 2.33. The molecule has 8 heteroatoms. The van der Waals surface area contributed by atoms with Crippen molar-refractivity contribution in [1.82, 2.24) is 4.98 Å². The minimum atomic E-state index is -0.197. The lowest BCUT2D eigenvalue weighted by molar-refractivity contribution is 0.0992. The number of benzene rings is 1. The fourth-order valence-corrected chi connectivity index (χ4v) is 3.56. The number of fused-ring (bicyclic) bond motifs is 1. The molecular weight excluding hydrogens is 430 g/mol. The van der Waals surface area contributed by atoms with Crippen molar-refractivity contribution in [3.8, 4) is 11.5 Å². The van der Waals surface area contributed by atoms with Crippen molar-refractivity contribution in [2.24, 2.45) is 0 Å². The van der Waals surface area contributed by atoms with E-state index in [0.717, 1.165) is 5.56 Å². The number of amides is 1. The van der Waals surface area contributed by atoms with Crippen molar-refractivity contribution < 1.29 is 14.3 Å². The zero-order valence-electron chi connectivity index (χ0n) is 12.4. The predicted octanol–water partition coefficient (Wildman–Crippen LogP) is 3.37. The molecular formula is C15H13Br2N3O3. The van der Waals surface area contributed by atoms with E-state index in [0.29, 0.717) is 44.2 Å². The van der Waals surface area contributed by atoms with Gasteiger partial charge < -0.3 is 20.1 Å². The molecule has 23 heavy (non-hydrogen) atoms. The van der Waals surface area contributed by atoms with Crippen molar-refractivity contribution in [2.45, 2.75) is 6.54 Å². The van der Waals surface area contributed by atoms with Gasteiger partial charge in [-0.05, 0) is 31.9 Å². The fraction of sp³-hybridized carbons (Fsp3) is 0.200. The number of nitrogens with two attached hydrogens (primary N) is 1. The summed E-state index contributed by atoms with van der Waals surface area (Å²) < 4.78 is 11.6. The predicted molar refractivity (Wildman–Crippen MR) is 94.1 cm³/mol. The number of rotatable bonds is 3. The van der Waals surface area contributed by atoms with Crippen LogP contribution in [0.3, 0.4) is 0 Å². The summed E-state index contributed by atoms with van der Waals surface area (Å²) in [5.74, 6) is 1.02. The summed E-state index contributed by atoms with van der Waals surface area (Å²) in [5.41, 5.74) is 8.23. The molecule has 2 heterocycles. The van der Waals surface area contributed by atoms with Crippen molar-refractivity contribution in [2.75, 3.05) is 24.9 Å². The van der Waals surface area contributed by atoms with Gasteiger partial charge in [-0.15, -0.1) is 0 Å². The minimum absolute atomic E-state index is 0.197. The Bertz CT molecular complexity index is 789. The summed E-state index contributed by atoms with van der Waals surface area (Å²) in [5, 5.41) is 0. The number of pyridine rings is 1. The van der Waals surface area contributed by atoms with Crippen LogP contribution in [-0.4, -0.2) is 25.1 Å². The first-order valence-electron chi connectivity index (χ1n) is 6.64. The quantitative estimate of drug-likeness (QED) is 0.737. The molecule has 0 bridgehead atoms. The van der Waals surface area contributed by atoms with E-state index in [2.05, 4.69) is 36.8 Å². The Morgan fingerprint density at radius 2 is 1.78 bits per heavy atom. The van der Waals surface area contributed by atoms with E-state index in [1.54, 1.807) is 37.3 Å². The highest BCUT2D eigenvalue weighted by atomic mass is 79.9. The van der Waals surface area contributed by atoms with Crippen molar-refractivity contribution >= 4 is 49.1 Å². The highest BCUT2D eigenvalue weighted by Crippen LogP contribution is 2.39. The van der Waals surface area contributed by atoms with E-state index < -0.39 is 0 Å². The number of hydrogen-bond donors (Lipinski definition) is 1. The number of nitrogens with zero attached hydrogens (tertiary/aromatic N) is 2. The molecule has 0 saturated carbocycles. The molecule has 0 aliphatic carbocycles. The summed E-state index contributed by atoms with van der Waals surface area (Å²) in [6, 6.07) is 5.30. The molecule has 2 N–H and O–H groups in total. The largest absolute Gasteiger partial charge is 0.497 e. The van der Waals surface area contributed by atoms with Crippen molar-refractivity contribution in [1.29, 1.82) is 0 Å². The molecule has 1 aliphatic rings. The average molecular weight is 443 g/mol. The lowest BCUT2D eigenvalue weighted by Crippen LogP contribution is -2.23. The Balaban J connectivity index is 2.07. The molecule has 0 unspecified atom stereocenters. The maximum atomic E-state index is 12.7. The van der Waals surface area contributed by atoms with Crippen LogP contribution in [-0.2, 0) is 6.54 Å². The molecule has 1 amide bonds. The van der Waals surface area contributed by atoms with E-state index in [9.17, 15) is 4.79 Å². The number of halogens is 2. The summed E-state index contributed by atoms with van der Waals surface area (Å²) in [6.45, 7) is 0.371. The molecule has 6 nitrogen and oxygen atoms in total. The first kappa shape index (κ1) is 16.1. The van der Waals surface area contributed by atoms with Gasteiger partial charge in [0.05, 0.1) is 36.6 Å². The third-order valence-corrected chi connectivity index (χ3v) is 5.14. The van der Waals surface area contributed by atoms with Crippen LogP contribution in [0.5, 0.6) is 11.5 Å². The van der Waals surface area contributed by atoms with Gasteiger partial charge in [0.1, 0.15) is 21.8 Å². The van der Waals surface area contributed by atoms with Gasteiger partial charge in [-0.2, -0.15) is 0 Å². The first-order chi connectivity index (χ1) is 11.0. The van der Waals surface area contributed by atoms with Gasteiger partial charge in [0.25, 0.3) is 5.91 Å². The molecule has 0 fully saturated rings. The average Bonchev–Trinajstić information content (AvgIpc) is 2.89. The molecule has 0 saturated heterocycles. The van der Waals surface area contributed by atoms with E-state index >= 15 is 0 Å². The highest BCUT2D eigenvalue weighted by molar-refractivity contribution is 9.11. The van der Waals surface area contributed by atoms with E-state index in [-0.39, 0.29) is 5.91 Å². The molecule has 1 aromatic heterocycles. The van der Waals surface area contributed by atoms with Crippen LogP contribution in [0.25, 0.3) is 0 Å². The van der Waals surface area contributed by atoms with Crippen LogP contribution in [0.4, 0.5) is 11.4 Å². The molecule has 1 aromatic carbocycles. The maximum Gasteiger partial charge on any atom is 0.277 e. The Labute approximate surface area is 149 Å². The number of carbonyl (C=O) groups excluding carboxylic acids is 1. The molecule has 3 rings (SSSR count). The summed E-state index contributed by atoms with van der Waals surface area (Å²) >= 11 is 6.71. The lowest BCUT2D eigenvalue weighted by atomic mass is 10.2. The second-order valence-corrected chi connectivity index (χ2v) is 6.46. The Hall–Kier alpha value is -1.80. The molecule has 0 radical (unpaired) electrons. The van der Waals surface area contributed by atoms with E-state index in [4.69, 9.17) is 15.2 Å². The van der Waals surface area contributed by atoms with Crippen molar-refractivity contribution in [3.63, 3.8) is 0 Å². The summed E-state index contributed by atoms with van der Waals surface area (Å²) in [7, 11) is 3.13. The Kier molecular flexibility index (Phi) is 4.20. The normalized spacial score (nSPS) is 13.2. The smallest absolute Gasteiger partial charge is 0.277 e. The number of nitrogen functional groups attached to an aromatic ring is 1. The van der Waals surface area contributed by atoms with Crippen molar-refractivity contribution in [3.05, 3.63) is 38.5 Å². The number of anilines is 2. The van der Waals surface area contributed by atoms with E-state index in [1.807, 2.05) is 0 Å². The molecule has 0 spiro atoms. The van der Waals surface area contributed by atoms with Crippen LogP contribution in [0, 0.1) is 0 Å². The first-order valence-corrected chi connectivity index (χ1v) is 8.23. The van der Waals surface area contributed by atoms with Gasteiger partial charge in [0.2, 0.25) is 0 Å². The molecule has 2 aromatic rings. The van der Waals surface area contributed by atoms with Gasteiger partial charge in [-0.3, -0.25) is 4.79 Å². The Morgan fingerprint density at radius 1 is 1.17 bits per heavy atom. The van der Waals surface area contributed by atoms with E-state index in [1.165, 1.54) is 0 Å². The van der Waals surface area contributed by atoms with Gasteiger partial charge in [0, 0.05) is 23.8 Å². The van der Waals surface area contributed by atoms with Gasteiger partial charge >= 0.3 is 0 Å². The zero-order chi connectivity index (χ0) is 16.7. The lowest BCUT2D eigenvalue weighted by Gasteiger charge is -2.17. The second-order valence-electron chi connectivity index (χ2n) is 4.92. The fourth-order valence-electron chi connectivity index (χ4n) is 2.42. The number of hydrogen-bond acceptors (Lipinski definition) is 5. The van der Waals surface area contributed by atoms with Crippen LogP contribution >= 0.6 is 31.9 Å². The number of carbonyl (C=O) groups is 1. The third kappa shape index (κ3) is 2.66. The van der Waals surface area contributed by atoms with Gasteiger partial charge in [0.15, 0.2) is 0 Å². The summed E-state index contributed by atoms with van der Waals surface area (Å²) in [6.07, 6.45) is 0. The number of aromatic nitrogens is 1. The standard InChI is InChI=1S/C15H13Br2N3O3/c1-22-8-3-7(4-9(5-8)23-2)20-6-10-11(16)12(18)14(17)19-13(10)15(20)21/h3-5H,6,18H2,1-2H3. The SMILES string of the molecule is COc1cc(OC)cc(N2Cc3c(nc(Br)c(N)c3Br)C2=O)c1. The summed E-state index contributed by atoms with van der Waals surface area (Å²) in [4.78, 5) is 18.6. The third-order valence-electron chi connectivity index (χ3n) is 3.63. The van der Waals surface area contributed by atoms with Gasteiger partial charge in [-0.1, -0.05) is 0 Å². The van der Waals surface area contributed by atoms with Crippen LogP contribution in [0.2, 0.25) is 0 Å². The monoisotopic (exact) mass is 441 g/mol. The van der Waals surface area contributed by atoms with Crippen LogP contribution in [0.1, 0.15) is 16.1 Å². The molecule has 120 valence electrons. The molecule has 0 atom stereocenters. The van der Waals surface area contributed by atoms with Crippen LogP contribution in [0.15, 0.2) is 27.3 Å². The topological polar surface area (TPSA) is 77.7 Å². The zero-order valence-corrected chi connectivity index (χ0v) is 15.6. The minimum Gasteiger partial charge on any atom is -0.497 e.